The van der Waals surface area contributed by atoms with E-state index in [2.05, 4.69) is 20.8 Å². The average Bonchev–Trinajstić information content (AvgIpc) is 2.52. The molecule has 14 heavy (non-hydrogen) atoms. The lowest BCUT2D eigenvalue weighted by Gasteiger charge is -2.27. The second-order valence-corrected chi connectivity index (χ2v) is 5.41. The molecular weight excluding hydrogens is 200 g/mol. The molecule has 1 fully saturated rings. The molecule has 0 bridgehead atoms. The molecule has 1 unspecified atom stereocenters. The van der Waals surface area contributed by atoms with E-state index >= 15 is 0 Å². The molecule has 1 aliphatic heterocycles. The van der Waals surface area contributed by atoms with E-state index in [-0.39, 0.29) is 11.0 Å². The Morgan fingerprint density at radius 3 is 2.57 bits per heavy atom. The Morgan fingerprint density at radius 2 is 2.14 bits per heavy atom. The smallest absolute Gasteiger partial charge is 0.0598 e. The third kappa shape index (κ3) is 3.76. The molecule has 1 atom stereocenters. The van der Waals surface area contributed by atoms with Crippen molar-refractivity contribution in [3.63, 3.8) is 0 Å². The molecule has 0 radical (unpaired) electrons. The van der Waals surface area contributed by atoms with Crippen LogP contribution in [0.5, 0.6) is 0 Å². The maximum absolute atomic E-state index is 5.98. The quantitative estimate of drug-likeness (QED) is 0.679. The Kier molecular flexibility index (Phi) is 4.23. The van der Waals surface area contributed by atoms with Crippen molar-refractivity contribution in [2.45, 2.75) is 39.2 Å². The molecule has 0 aromatic rings. The third-order valence-corrected chi connectivity index (χ3v) is 3.20. The highest BCUT2D eigenvalue weighted by Crippen LogP contribution is 2.34. The molecule has 0 amide bonds. The Morgan fingerprint density at radius 1 is 1.43 bits per heavy atom. The summed E-state index contributed by atoms with van der Waals surface area (Å²) in [5.41, 5.74) is 0.125. The van der Waals surface area contributed by atoms with E-state index in [4.69, 9.17) is 21.1 Å². The molecule has 0 aromatic heterocycles. The summed E-state index contributed by atoms with van der Waals surface area (Å²) in [4.78, 5) is 0. The largest absolute Gasteiger partial charge is 0.381 e. The van der Waals surface area contributed by atoms with Crippen molar-refractivity contribution in [3.05, 3.63) is 0 Å². The zero-order chi connectivity index (χ0) is 10.7. The van der Waals surface area contributed by atoms with E-state index in [0.717, 1.165) is 32.7 Å². The summed E-state index contributed by atoms with van der Waals surface area (Å²) in [7, 11) is 0. The molecule has 2 nitrogen and oxygen atoms in total. The molecule has 0 saturated carbocycles. The Balaban J connectivity index is 2.28. The molecule has 0 aromatic carbocycles. The minimum absolute atomic E-state index is 0.0486. The van der Waals surface area contributed by atoms with Gasteiger partial charge in [-0.1, -0.05) is 0 Å². The average molecular weight is 221 g/mol. The number of alkyl halides is 1. The van der Waals surface area contributed by atoms with Gasteiger partial charge in [0.05, 0.1) is 12.2 Å². The molecule has 1 aliphatic rings. The Bertz CT molecular complexity index is 169. The van der Waals surface area contributed by atoms with Gasteiger partial charge in [-0.15, -0.1) is 11.6 Å². The summed E-state index contributed by atoms with van der Waals surface area (Å²) >= 11 is 5.98. The SMILES string of the molecule is CC(C)(C)OCCC1(CCl)CCOC1. The van der Waals surface area contributed by atoms with E-state index < -0.39 is 0 Å². The van der Waals surface area contributed by atoms with Crippen LogP contribution in [0.4, 0.5) is 0 Å². The van der Waals surface area contributed by atoms with E-state index in [1.165, 1.54) is 0 Å². The van der Waals surface area contributed by atoms with E-state index in [0.29, 0.717) is 5.88 Å². The van der Waals surface area contributed by atoms with Crippen LogP contribution in [0.1, 0.15) is 33.6 Å². The lowest BCUT2D eigenvalue weighted by molar-refractivity contribution is -0.0176. The monoisotopic (exact) mass is 220 g/mol. The Hall–Kier alpha value is 0.210. The van der Waals surface area contributed by atoms with Crippen LogP contribution in [0.3, 0.4) is 0 Å². The van der Waals surface area contributed by atoms with Crippen LogP contribution in [-0.4, -0.2) is 31.3 Å². The second kappa shape index (κ2) is 4.82. The summed E-state index contributed by atoms with van der Waals surface area (Å²) in [6, 6.07) is 0. The number of hydrogen-bond donors (Lipinski definition) is 0. The molecule has 1 rings (SSSR count). The first-order valence-electron chi connectivity index (χ1n) is 5.25. The van der Waals surface area contributed by atoms with E-state index in [1.807, 2.05) is 0 Å². The van der Waals surface area contributed by atoms with Gasteiger partial charge in [0.25, 0.3) is 0 Å². The highest BCUT2D eigenvalue weighted by Gasteiger charge is 2.34. The Labute approximate surface area is 91.9 Å². The standard InChI is InChI=1S/C11H21ClO2/c1-10(2,3)14-7-5-11(8-12)4-6-13-9-11/h4-9H2,1-3H3. The highest BCUT2D eigenvalue weighted by molar-refractivity contribution is 6.18. The van der Waals surface area contributed by atoms with Gasteiger partial charge in [0.15, 0.2) is 0 Å². The number of rotatable bonds is 4. The van der Waals surface area contributed by atoms with Gasteiger partial charge in [-0.2, -0.15) is 0 Å². The highest BCUT2D eigenvalue weighted by atomic mass is 35.5. The molecule has 3 heteroatoms. The molecule has 1 saturated heterocycles. The zero-order valence-corrected chi connectivity index (χ0v) is 10.2. The number of hydrogen-bond acceptors (Lipinski definition) is 2. The molecule has 1 heterocycles. The summed E-state index contributed by atoms with van der Waals surface area (Å²) in [5, 5.41) is 0. The molecule has 0 spiro atoms. The topological polar surface area (TPSA) is 18.5 Å². The van der Waals surface area contributed by atoms with Crippen molar-refractivity contribution in [3.8, 4) is 0 Å². The maximum atomic E-state index is 5.98. The first kappa shape index (κ1) is 12.3. The van der Waals surface area contributed by atoms with E-state index in [9.17, 15) is 0 Å². The molecule has 0 N–H and O–H groups in total. The minimum atomic E-state index is -0.0486. The molecule has 0 aliphatic carbocycles. The van der Waals surface area contributed by atoms with Gasteiger partial charge in [-0.3, -0.25) is 0 Å². The first-order valence-corrected chi connectivity index (χ1v) is 5.79. The maximum Gasteiger partial charge on any atom is 0.0598 e. The third-order valence-electron chi connectivity index (χ3n) is 2.64. The fourth-order valence-corrected chi connectivity index (χ4v) is 1.94. The zero-order valence-electron chi connectivity index (χ0n) is 9.44. The van der Waals surface area contributed by atoms with Crippen molar-refractivity contribution >= 4 is 11.6 Å². The molecular formula is C11H21ClO2. The molecule has 84 valence electrons. The van der Waals surface area contributed by atoms with Crippen LogP contribution in [0, 0.1) is 5.41 Å². The fraction of sp³-hybridized carbons (Fsp3) is 1.00. The normalized spacial score (nSPS) is 28.3. The summed E-state index contributed by atoms with van der Waals surface area (Å²) in [6.07, 6.45) is 2.08. The van der Waals surface area contributed by atoms with Crippen molar-refractivity contribution < 1.29 is 9.47 Å². The van der Waals surface area contributed by atoms with Crippen LogP contribution >= 0.6 is 11.6 Å². The van der Waals surface area contributed by atoms with Gasteiger partial charge >= 0.3 is 0 Å². The van der Waals surface area contributed by atoms with E-state index in [1.54, 1.807) is 0 Å². The number of halogens is 1. The van der Waals surface area contributed by atoms with Crippen molar-refractivity contribution in [2.75, 3.05) is 25.7 Å². The van der Waals surface area contributed by atoms with Gasteiger partial charge in [-0.05, 0) is 33.6 Å². The van der Waals surface area contributed by atoms with Crippen LogP contribution < -0.4 is 0 Å². The lowest BCUT2D eigenvalue weighted by Crippen LogP contribution is -2.28. The first-order chi connectivity index (χ1) is 6.47. The van der Waals surface area contributed by atoms with Crippen LogP contribution in [0.25, 0.3) is 0 Å². The van der Waals surface area contributed by atoms with Gasteiger partial charge < -0.3 is 9.47 Å². The van der Waals surface area contributed by atoms with Crippen molar-refractivity contribution in [2.24, 2.45) is 5.41 Å². The van der Waals surface area contributed by atoms with Gasteiger partial charge in [0.1, 0.15) is 0 Å². The summed E-state index contributed by atoms with van der Waals surface area (Å²) in [6.45, 7) is 8.65. The van der Waals surface area contributed by atoms with Crippen LogP contribution in [0.2, 0.25) is 0 Å². The van der Waals surface area contributed by atoms with Gasteiger partial charge in [-0.25, -0.2) is 0 Å². The van der Waals surface area contributed by atoms with Gasteiger partial charge in [0, 0.05) is 24.5 Å². The minimum Gasteiger partial charge on any atom is -0.381 e. The summed E-state index contributed by atoms with van der Waals surface area (Å²) < 4.78 is 11.1. The van der Waals surface area contributed by atoms with Gasteiger partial charge in [0.2, 0.25) is 0 Å². The predicted octanol–water partition coefficient (Wildman–Crippen LogP) is 2.84. The second-order valence-electron chi connectivity index (χ2n) is 5.15. The van der Waals surface area contributed by atoms with Crippen LogP contribution in [-0.2, 0) is 9.47 Å². The predicted molar refractivity (Wildman–Crippen MR) is 58.9 cm³/mol. The number of ether oxygens (including phenoxy) is 2. The lowest BCUT2D eigenvalue weighted by atomic mass is 9.86. The summed E-state index contributed by atoms with van der Waals surface area (Å²) in [5.74, 6) is 0.681. The van der Waals surface area contributed by atoms with Crippen molar-refractivity contribution in [1.82, 2.24) is 0 Å². The van der Waals surface area contributed by atoms with Crippen molar-refractivity contribution in [1.29, 1.82) is 0 Å². The van der Waals surface area contributed by atoms with Crippen LogP contribution in [0.15, 0.2) is 0 Å². The fourth-order valence-electron chi connectivity index (χ4n) is 1.59.